The largest absolute Gasteiger partial charge is 0.490 e. The van der Waals surface area contributed by atoms with E-state index in [1.807, 2.05) is 57.2 Å². The van der Waals surface area contributed by atoms with Crippen LogP contribution in [0.3, 0.4) is 0 Å². The lowest BCUT2D eigenvalue weighted by Crippen LogP contribution is -2.38. The second-order valence-electron chi connectivity index (χ2n) is 12.7. The van der Waals surface area contributed by atoms with Gasteiger partial charge in [-0.15, -0.1) is 0 Å². The first-order valence-corrected chi connectivity index (χ1v) is 18.1. The van der Waals surface area contributed by atoms with E-state index in [0.717, 1.165) is 10.8 Å². The molecule has 1 aliphatic heterocycles. The van der Waals surface area contributed by atoms with E-state index < -0.39 is 27.2 Å². The van der Waals surface area contributed by atoms with Crippen LogP contribution in [0.2, 0.25) is 0 Å². The van der Waals surface area contributed by atoms with Gasteiger partial charge >= 0.3 is 0 Å². The maximum Gasteiger partial charge on any atom is 0.250 e. The van der Waals surface area contributed by atoms with E-state index in [1.165, 1.54) is 13.0 Å². The van der Waals surface area contributed by atoms with Crippen LogP contribution in [0.5, 0.6) is 11.5 Å². The van der Waals surface area contributed by atoms with Gasteiger partial charge in [-0.3, -0.25) is 9.59 Å². The summed E-state index contributed by atoms with van der Waals surface area (Å²) in [4.78, 5) is 32.9. The van der Waals surface area contributed by atoms with Gasteiger partial charge in [0.2, 0.25) is 11.8 Å². The number of nitrogens with two attached hydrogens (primary N) is 1. The lowest BCUT2D eigenvalue weighted by molar-refractivity contribution is -0.133. The molecule has 5 rings (SSSR count). The number of pyridine rings is 1. The summed E-state index contributed by atoms with van der Waals surface area (Å²) in [5.41, 5.74) is 8.38. The molecule has 49 heavy (non-hydrogen) atoms. The summed E-state index contributed by atoms with van der Waals surface area (Å²) >= 11 is 0. The van der Waals surface area contributed by atoms with Crippen molar-refractivity contribution in [1.29, 1.82) is 0 Å². The Hall–Kier alpha value is -4.84. The van der Waals surface area contributed by atoms with Crippen molar-refractivity contribution in [3.63, 3.8) is 0 Å². The number of amides is 2. The summed E-state index contributed by atoms with van der Waals surface area (Å²) in [6.07, 6.45) is 2.77. The summed E-state index contributed by atoms with van der Waals surface area (Å²) in [6.45, 7) is 11.2. The third kappa shape index (κ3) is 7.75. The second kappa shape index (κ2) is 14.7. The third-order valence-electron chi connectivity index (χ3n) is 8.47. The van der Waals surface area contributed by atoms with Gasteiger partial charge in [-0.1, -0.05) is 6.07 Å². The van der Waals surface area contributed by atoms with Crippen LogP contribution in [0.4, 0.5) is 17.2 Å². The minimum absolute atomic E-state index is 0.0879. The fraction of sp³-hybridized carbons (Fsp3) is 0.378. The van der Waals surface area contributed by atoms with Gasteiger partial charge in [-0.2, -0.15) is 0 Å². The highest BCUT2D eigenvalue weighted by molar-refractivity contribution is 7.92. The predicted octanol–water partition coefficient (Wildman–Crippen LogP) is 6.66. The third-order valence-corrected chi connectivity index (χ3v) is 10.7. The summed E-state index contributed by atoms with van der Waals surface area (Å²) in [7, 11) is -3.72. The van der Waals surface area contributed by atoms with Crippen LogP contribution in [0.1, 0.15) is 77.6 Å². The first-order chi connectivity index (χ1) is 23.3. The Bertz CT molecular complexity index is 1960. The first-order valence-electron chi connectivity index (χ1n) is 16.6. The lowest BCUT2D eigenvalue weighted by atomic mass is 10.00. The predicted molar refractivity (Wildman–Crippen MR) is 193 cm³/mol. The molecule has 260 valence electrons. The highest BCUT2D eigenvalue weighted by Gasteiger charge is 2.38. The topological polar surface area (TPSA) is 153 Å². The first kappa shape index (κ1) is 35.5. The van der Waals surface area contributed by atoms with Crippen LogP contribution < -0.4 is 25.8 Å². The fourth-order valence-corrected chi connectivity index (χ4v) is 7.48. The molecule has 0 aliphatic carbocycles. The number of nitrogens with zero attached hydrogens (tertiary/aromatic N) is 2. The SMILES string of the molecule is CCOc1cc([C@H](Nc2ccc3c(N)nccc3c2)C(=O)N2CCC[C@@H]2c2cc(NC(C)=O)ccc2S(=O)(=O)C(C)C)ccc1OC(C)C. The molecule has 0 spiro atoms. The van der Waals surface area contributed by atoms with Crippen LogP contribution in [0.25, 0.3) is 10.8 Å². The normalized spacial score (nSPS) is 15.4. The molecule has 4 N–H and O–H groups in total. The quantitative estimate of drug-likeness (QED) is 0.148. The van der Waals surface area contributed by atoms with Crippen molar-refractivity contribution in [3.05, 3.63) is 78.0 Å². The zero-order valence-corrected chi connectivity index (χ0v) is 29.6. The molecule has 1 saturated heterocycles. The molecular weight excluding hydrogens is 643 g/mol. The van der Waals surface area contributed by atoms with Crippen LogP contribution >= 0.6 is 0 Å². The van der Waals surface area contributed by atoms with Gasteiger partial charge in [-0.05, 0) is 119 Å². The van der Waals surface area contributed by atoms with Gasteiger partial charge in [0.1, 0.15) is 11.9 Å². The van der Waals surface area contributed by atoms with E-state index >= 15 is 0 Å². The standard InChI is InChI=1S/C37H45N5O6S/c1-7-47-33-20-26(10-14-32(33)48-22(2)3)35(41-27-11-13-29-25(19-27)16-17-39-36(29)38)37(44)42-18-8-9-31(42)30-21-28(40-24(6)43)12-15-34(30)49(45,46)23(4)5/h10-17,19-23,31,35,41H,7-9,18H2,1-6H3,(H2,38,39)(H,40,43)/t31-,35+/m1/s1. The number of nitrogens with one attached hydrogen (secondary N) is 2. The molecular formula is C37H45N5O6S. The number of aromatic nitrogens is 1. The highest BCUT2D eigenvalue weighted by atomic mass is 32.2. The number of hydrogen-bond acceptors (Lipinski definition) is 9. The fourth-order valence-electron chi connectivity index (χ4n) is 6.19. The van der Waals surface area contributed by atoms with Gasteiger partial charge in [0.15, 0.2) is 21.3 Å². The zero-order chi connectivity index (χ0) is 35.5. The Labute approximate surface area is 288 Å². The Morgan fingerprint density at radius 1 is 1.00 bits per heavy atom. The molecule has 4 aromatic rings. The molecule has 2 heterocycles. The maximum atomic E-state index is 14.9. The molecule has 0 bridgehead atoms. The molecule has 3 aromatic carbocycles. The number of ether oxygens (including phenoxy) is 2. The summed E-state index contributed by atoms with van der Waals surface area (Å²) in [5, 5.41) is 7.20. The summed E-state index contributed by atoms with van der Waals surface area (Å²) in [5.74, 6) is 0.966. The summed E-state index contributed by atoms with van der Waals surface area (Å²) < 4.78 is 39.2. The lowest BCUT2D eigenvalue weighted by Gasteiger charge is -2.32. The highest BCUT2D eigenvalue weighted by Crippen LogP contribution is 2.41. The number of carbonyl (C=O) groups excluding carboxylic acids is 2. The number of carbonyl (C=O) groups is 2. The smallest absolute Gasteiger partial charge is 0.250 e. The Kier molecular flexibility index (Phi) is 10.7. The molecule has 2 amide bonds. The molecule has 1 fully saturated rings. The number of nitrogen functional groups attached to an aromatic ring is 1. The van der Waals surface area contributed by atoms with E-state index in [1.54, 1.807) is 43.1 Å². The number of benzene rings is 3. The van der Waals surface area contributed by atoms with Crippen molar-refractivity contribution in [3.8, 4) is 11.5 Å². The number of rotatable bonds is 12. The molecule has 2 atom stereocenters. The van der Waals surface area contributed by atoms with Gasteiger partial charge in [0.05, 0.1) is 28.9 Å². The van der Waals surface area contributed by atoms with E-state index in [0.29, 0.717) is 65.8 Å². The monoisotopic (exact) mass is 687 g/mol. The number of hydrogen-bond donors (Lipinski definition) is 3. The average Bonchev–Trinajstić information content (AvgIpc) is 3.54. The van der Waals surface area contributed by atoms with Crippen LogP contribution in [-0.2, 0) is 19.4 Å². The summed E-state index contributed by atoms with van der Waals surface area (Å²) in [6, 6.07) is 16.3. The molecule has 0 radical (unpaired) electrons. The van der Waals surface area contributed by atoms with E-state index in [-0.39, 0.29) is 22.8 Å². The zero-order valence-electron chi connectivity index (χ0n) is 28.8. The number of sulfone groups is 1. The van der Waals surface area contributed by atoms with E-state index in [4.69, 9.17) is 15.2 Å². The molecule has 1 aromatic heterocycles. The van der Waals surface area contributed by atoms with Gasteiger partial charge < -0.3 is 30.7 Å². The van der Waals surface area contributed by atoms with Crippen LogP contribution in [-0.4, -0.2) is 54.6 Å². The maximum absolute atomic E-state index is 14.9. The number of likely N-dealkylation sites (tertiary alicyclic amines) is 1. The average molecular weight is 688 g/mol. The molecule has 0 unspecified atom stereocenters. The molecule has 0 saturated carbocycles. The van der Waals surface area contributed by atoms with Crippen molar-refractivity contribution in [1.82, 2.24) is 9.88 Å². The van der Waals surface area contributed by atoms with Gasteiger partial charge in [0, 0.05) is 36.4 Å². The van der Waals surface area contributed by atoms with Gasteiger partial charge in [0.25, 0.3) is 0 Å². The van der Waals surface area contributed by atoms with Crippen molar-refractivity contribution in [2.24, 2.45) is 0 Å². The van der Waals surface area contributed by atoms with Crippen LogP contribution in [0.15, 0.2) is 71.8 Å². The number of fused-ring (bicyclic) bond motifs is 1. The second-order valence-corrected chi connectivity index (χ2v) is 15.2. The van der Waals surface area contributed by atoms with Crippen molar-refractivity contribution in [2.45, 2.75) is 82.7 Å². The Morgan fingerprint density at radius 3 is 2.45 bits per heavy atom. The van der Waals surface area contributed by atoms with Crippen molar-refractivity contribution < 1.29 is 27.5 Å². The number of anilines is 3. The minimum Gasteiger partial charge on any atom is -0.490 e. The van der Waals surface area contributed by atoms with E-state index in [9.17, 15) is 18.0 Å². The molecule has 12 heteroatoms. The Morgan fingerprint density at radius 2 is 1.76 bits per heavy atom. The van der Waals surface area contributed by atoms with Crippen LogP contribution in [0, 0.1) is 0 Å². The minimum atomic E-state index is -3.72. The van der Waals surface area contributed by atoms with Crippen molar-refractivity contribution in [2.75, 3.05) is 29.5 Å². The van der Waals surface area contributed by atoms with Gasteiger partial charge in [-0.25, -0.2) is 13.4 Å². The molecule has 1 aliphatic rings. The Balaban J connectivity index is 1.61. The van der Waals surface area contributed by atoms with E-state index in [2.05, 4.69) is 15.6 Å². The molecule has 11 nitrogen and oxygen atoms in total. The van der Waals surface area contributed by atoms with Crippen molar-refractivity contribution >= 4 is 49.6 Å².